The fraction of sp³-hybridized carbons (Fsp3) is 0. The van der Waals surface area contributed by atoms with Crippen molar-refractivity contribution in [2.75, 3.05) is 0 Å². The van der Waals surface area contributed by atoms with Crippen molar-refractivity contribution in [2.45, 2.75) is 9.79 Å². The Balaban J connectivity index is 1.87. The Morgan fingerprint density at radius 3 is 2.24 bits per heavy atom. The first-order chi connectivity index (χ1) is 12.2. The Morgan fingerprint density at radius 1 is 0.880 bits per heavy atom. The Morgan fingerprint density at radius 2 is 1.56 bits per heavy atom. The summed E-state index contributed by atoms with van der Waals surface area (Å²) in [5.41, 5.74) is 1.26. The van der Waals surface area contributed by atoms with Gasteiger partial charge in [-0.15, -0.1) is 11.3 Å². The summed E-state index contributed by atoms with van der Waals surface area (Å²) in [6.07, 6.45) is 0. The summed E-state index contributed by atoms with van der Waals surface area (Å²) < 4.78 is 0.937. The summed E-state index contributed by atoms with van der Waals surface area (Å²) in [5, 5.41) is 12.4. The number of nitrogens with zero attached hydrogens (tertiary/aromatic N) is 1. The standard InChI is InChI=1S/C20H13NO2S2/c22-21(23)15-11-19(24-16-9-5-2-6-10-16)17-13-18(25-20(17)12-15)14-7-3-1-4-8-14/h1-13H. The molecular formula is C20H13NO2S2. The van der Waals surface area contributed by atoms with Crippen LogP contribution >= 0.6 is 23.1 Å². The molecular weight excluding hydrogens is 350 g/mol. The van der Waals surface area contributed by atoms with Crippen LogP contribution in [0.3, 0.4) is 0 Å². The highest BCUT2D eigenvalue weighted by atomic mass is 32.2. The Labute approximate surface area is 153 Å². The van der Waals surface area contributed by atoms with E-state index in [2.05, 4.69) is 18.2 Å². The summed E-state index contributed by atoms with van der Waals surface area (Å²) in [5.74, 6) is 0. The fourth-order valence-corrected chi connectivity index (χ4v) is 4.84. The van der Waals surface area contributed by atoms with E-state index >= 15 is 0 Å². The molecule has 1 heterocycles. The van der Waals surface area contributed by atoms with Gasteiger partial charge in [-0.3, -0.25) is 10.1 Å². The average molecular weight is 363 g/mol. The minimum absolute atomic E-state index is 0.132. The molecule has 0 unspecified atom stereocenters. The summed E-state index contributed by atoms with van der Waals surface area (Å²) in [7, 11) is 0. The molecule has 0 saturated carbocycles. The normalized spacial score (nSPS) is 10.9. The van der Waals surface area contributed by atoms with Crippen LogP contribution in [0, 0.1) is 10.1 Å². The van der Waals surface area contributed by atoms with Crippen molar-refractivity contribution in [2.24, 2.45) is 0 Å². The molecule has 0 amide bonds. The Hall–Kier alpha value is -2.63. The molecule has 0 aliphatic heterocycles. The number of benzene rings is 3. The minimum atomic E-state index is -0.323. The number of hydrogen-bond donors (Lipinski definition) is 0. The van der Waals surface area contributed by atoms with Gasteiger partial charge in [-0.2, -0.15) is 0 Å². The molecule has 4 aromatic rings. The maximum Gasteiger partial charge on any atom is 0.272 e. The lowest BCUT2D eigenvalue weighted by molar-refractivity contribution is -0.384. The zero-order chi connectivity index (χ0) is 17.2. The van der Waals surface area contributed by atoms with Crippen molar-refractivity contribution in [3.8, 4) is 10.4 Å². The van der Waals surface area contributed by atoms with E-state index < -0.39 is 0 Å². The van der Waals surface area contributed by atoms with E-state index in [-0.39, 0.29) is 10.6 Å². The predicted molar refractivity (Wildman–Crippen MR) is 104 cm³/mol. The van der Waals surface area contributed by atoms with E-state index in [9.17, 15) is 10.1 Å². The second-order valence-corrected chi connectivity index (χ2v) is 7.70. The third kappa shape index (κ3) is 3.29. The van der Waals surface area contributed by atoms with Gasteiger partial charge in [0.1, 0.15) is 0 Å². The maximum atomic E-state index is 11.3. The largest absolute Gasteiger partial charge is 0.272 e. The molecule has 5 heteroatoms. The van der Waals surface area contributed by atoms with Gasteiger partial charge in [0.25, 0.3) is 5.69 Å². The second-order valence-electron chi connectivity index (χ2n) is 5.50. The van der Waals surface area contributed by atoms with Crippen molar-refractivity contribution in [3.63, 3.8) is 0 Å². The van der Waals surface area contributed by atoms with E-state index in [1.807, 2.05) is 48.5 Å². The third-order valence-electron chi connectivity index (χ3n) is 3.82. The summed E-state index contributed by atoms with van der Waals surface area (Å²) in [6, 6.07) is 25.5. The first kappa shape index (κ1) is 15.9. The summed E-state index contributed by atoms with van der Waals surface area (Å²) in [6.45, 7) is 0. The van der Waals surface area contributed by atoms with E-state index in [4.69, 9.17) is 0 Å². The number of nitro benzene ring substituents is 1. The molecule has 3 nitrogen and oxygen atoms in total. The van der Waals surface area contributed by atoms with Crippen LogP contribution in [0.15, 0.2) is 88.7 Å². The van der Waals surface area contributed by atoms with Gasteiger partial charge in [0.2, 0.25) is 0 Å². The third-order valence-corrected chi connectivity index (χ3v) is 6.02. The zero-order valence-corrected chi connectivity index (χ0v) is 14.7. The molecule has 0 aliphatic rings. The van der Waals surface area contributed by atoms with E-state index in [0.29, 0.717) is 0 Å². The lowest BCUT2D eigenvalue weighted by Crippen LogP contribution is -1.88. The maximum absolute atomic E-state index is 11.3. The molecule has 0 aliphatic carbocycles. The highest BCUT2D eigenvalue weighted by Gasteiger charge is 2.16. The van der Waals surface area contributed by atoms with Gasteiger partial charge in [0.05, 0.1) is 4.92 Å². The minimum Gasteiger partial charge on any atom is -0.258 e. The molecule has 0 radical (unpaired) electrons. The smallest absolute Gasteiger partial charge is 0.258 e. The Kier molecular flexibility index (Phi) is 4.26. The Bertz CT molecular complexity index is 1040. The molecule has 3 aromatic carbocycles. The number of rotatable bonds is 4. The molecule has 122 valence electrons. The monoisotopic (exact) mass is 363 g/mol. The van der Waals surface area contributed by atoms with Gasteiger partial charge in [-0.1, -0.05) is 60.3 Å². The van der Waals surface area contributed by atoms with Gasteiger partial charge in [-0.25, -0.2) is 0 Å². The molecule has 4 rings (SSSR count). The van der Waals surface area contributed by atoms with Gasteiger partial charge in [0.15, 0.2) is 0 Å². The van der Waals surface area contributed by atoms with E-state index in [0.717, 1.165) is 30.3 Å². The summed E-state index contributed by atoms with van der Waals surface area (Å²) >= 11 is 3.15. The van der Waals surface area contributed by atoms with Crippen LogP contribution in [0.1, 0.15) is 0 Å². The quantitative estimate of drug-likeness (QED) is 0.302. The lowest BCUT2D eigenvalue weighted by atomic mass is 10.1. The van der Waals surface area contributed by atoms with Gasteiger partial charge in [-0.05, 0) is 23.8 Å². The topological polar surface area (TPSA) is 43.1 Å². The number of fused-ring (bicyclic) bond motifs is 1. The molecule has 25 heavy (non-hydrogen) atoms. The number of thiophene rings is 1. The lowest BCUT2D eigenvalue weighted by Gasteiger charge is -2.03. The van der Waals surface area contributed by atoms with Gasteiger partial charge in [0, 0.05) is 36.9 Å². The van der Waals surface area contributed by atoms with Crippen molar-refractivity contribution < 1.29 is 4.92 Å². The molecule has 0 saturated heterocycles. The van der Waals surface area contributed by atoms with Gasteiger partial charge < -0.3 is 0 Å². The molecule has 0 atom stereocenters. The zero-order valence-electron chi connectivity index (χ0n) is 13.1. The average Bonchev–Trinajstić information content (AvgIpc) is 3.08. The molecule has 0 spiro atoms. The highest BCUT2D eigenvalue weighted by Crippen LogP contribution is 2.42. The number of nitro groups is 1. The van der Waals surface area contributed by atoms with Crippen molar-refractivity contribution in [3.05, 3.63) is 89.0 Å². The van der Waals surface area contributed by atoms with Crippen LogP contribution < -0.4 is 0 Å². The first-order valence-corrected chi connectivity index (χ1v) is 9.34. The van der Waals surface area contributed by atoms with Crippen molar-refractivity contribution in [1.29, 1.82) is 0 Å². The molecule has 0 N–H and O–H groups in total. The van der Waals surface area contributed by atoms with Crippen LogP contribution in [0.4, 0.5) is 5.69 Å². The molecule has 0 bridgehead atoms. The first-order valence-electron chi connectivity index (χ1n) is 7.71. The summed E-state index contributed by atoms with van der Waals surface area (Å²) in [4.78, 5) is 14.1. The van der Waals surface area contributed by atoms with Crippen LogP contribution in [0.25, 0.3) is 20.5 Å². The number of non-ortho nitro benzene ring substituents is 1. The number of hydrogen-bond acceptors (Lipinski definition) is 4. The highest BCUT2D eigenvalue weighted by molar-refractivity contribution is 7.99. The predicted octanol–water partition coefficient (Wildman–Crippen LogP) is 6.63. The van der Waals surface area contributed by atoms with E-state index in [1.165, 1.54) is 0 Å². The SMILES string of the molecule is O=[N+]([O-])c1cc(Sc2ccccc2)c2cc(-c3ccccc3)sc2c1. The molecule has 1 aromatic heterocycles. The van der Waals surface area contributed by atoms with Crippen molar-refractivity contribution >= 4 is 38.9 Å². The van der Waals surface area contributed by atoms with E-state index in [1.54, 1.807) is 35.2 Å². The molecule has 0 fully saturated rings. The van der Waals surface area contributed by atoms with Crippen molar-refractivity contribution in [1.82, 2.24) is 0 Å². The van der Waals surface area contributed by atoms with Crippen LogP contribution in [-0.2, 0) is 0 Å². The van der Waals surface area contributed by atoms with Crippen LogP contribution in [0.5, 0.6) is 0 Å². The van der Waals surface area contributed by atoms with Gasteiger partial charge >= 0.3 is 0 Å². The second kappa shape index (κ2) is 6.70. The van der Waals surface area contributed by atoms with Crippen LogP contribution in [-0.4, -0.2) is 4.92 Å². The fourth-order valence-electron chi connectivity index (χ4n) is 2.64. The van der Waals surface area contributed by atoms with Crippen LogP contribution in [0.2, 0.25) is 0 Å².